The van der Waals surface area contributed by atoms with Gasteiger partial charge in [-0.2, -0.15) is 5.10 Å². The Morgan fingerprint density at radius 2 is 2.44 bits per heavy atom. The van der Waals surface area contributed by atoms with Crippen LogP contribution in [0.15, 0.2) is 6.20 Å². The van der Waals surface area contributed by atoms with Crippen LogP contribution >= 0.6 is 0 Å². The number of nitrogens with two attached hydrogens (primary N) is 1. The second-order valence-electron chi connectivity index (χ2n) is 4.34. The third-order valence-electron chi connectivity index (χ3n) is 3.22. The molecule has 1 atom stereocenters. The molecular formula is C11H20N4O. The summed E-state index contributed by atoms with van der Waals surface area (Å²) in [5.41, 5.74) is 8.15. The van der Waals surface area contributed by atoms with E-state index in [-0.39, 0.29) is 6.10 Å². The molecule has 0 spiro atoms. The molecule has 90 valence electrons. The number of aryl methyl sites for hydroxylation is 1. The first-order chi connectivity index (χ1) is 7.70. The third kappa shape index (κ3) is 2.42. The second kappa shape index (κ2) is 4.95. The maximum atomic E-state index is 5.62. The van der Waals surface area contributed by atoms with Crippen LogP contribution in [-0.2, 0) is 18.3 Å². The van der Waals surface area contributed by atoms with Crippen molar-refractivity contribution in [2.45, 2.75) is 19.6 Å². The SMILES string of the molecule is Cc1c(CN2CCOC(CN)C2)cnn1C. The molecule has 1 unspecified atom stereocenters. The Kier molecular flexibility index (Phi) is 3.58. The number of hydrogen-bond donors (Lipinski definition) is 1. The van der Waals surface area contributed by atoms with Crippen molar-refractivity contribution in [3.63, 3.8) is 0 Å². The van der Waals surface area contributed by atoms with Crippen molar-refractivity contribution < 1.29 is 4.74 Å². The fourth-order valence-corrected chi connectivity index (χ4v) is 2.01. The molecule has 16 heavy (non-hydrogen) atoms. The van der Waals surface area contributed by atoms with Crippen LogP contribution in [0.5, 0.6) is 0 Å². The average Bonchev–Trinajstić information content (AvgIpc) is 2.61. The first-order valence-corrected chi connectivity index (χ1v) is 5.72. The summed E-state index contributed by atoms with van der Waals surface area (Å²) < 4.78 is 7.46. The molecule has 0 bridgehead atoms. The highest BCUT2D eigenvalue weighted by Crippen LogP contribution is 2.12. The lowest BCUT2D eigenvalue weighted by Gasteiger charge is -2.32. The van der Waals surface area contributed by atoms with Gasteiger partial charge in [-0.3, -0.25) is 9.58 Å². The first kappa shape index (κ1) is 11.6. The molecule has 2 heterocycles. The number of morpholine rings is 1. The van der Waals surface area contributed by atoms with Gasteiger partial charge in [0.1, 0.15) is 0 Å². The fraction of sp³-hybridized carbons (Fsp3) is 0.727. The van der Waals surface area contributed by atoms with Gasteiger partial charge in [0.15, 0.2) is 0 Å². The second-order valence-corrected chi connectivity index (χ2v) is 4.34. The zero-order valence-corrected chi connectivity index (χ0v) is 10.0. The quantitative estimate of drug-likeness (QED) is 0.778. The van der Waals surface area contributed by atoms with Crippen LogP contribution < -0.4 is 5.73 Å². The molecule has 0 radical (unpaired) electrons. The van der Waals surface area contributed by atoms with E-state index in [0.29, 0.717) is 6.54 Å². The highest BCUT2D eigenvalue weighted by molar-refractivity contribution is 5.15. The average molecular weight is 224 g/mol. The summed E-state index contributed by atoms with van der Waals surface area (Å²) in [5.74, 6) is 0. The van der Waals surface area contributed by atoms with E-state index < -0.39 is 0 Å². The van der Waals surface area contributed by atoms with Gasteiger partial charge in [0.25, 0.3) is 0 Å². The first-order valence-electron chi connectivity index (χ1n) is 5.72. The number of nitrogens with zero attached hydrogens (tertiary/aromatic N) is 3. The number of ether oxygens (including phenoxy) is 1. The molecule has 1 saturated heterocycles. The Morgan fingerprint density at radius 1 is 1.62 bits per heavy atom. The van der Waals surface area contributed by atoms with Gasteiger partial charge in [0.05, 0.1) is 18.9 Å². The summed E-state index contributed by atoms with van der Waals surface area (Å²) in [5, 5.41) is 4.25. The number of hydrogen-bond acceptors (Lipinski definition) is 4. The van der Waals surface area contributed by atoms with Gasteiger partial charge in [0, 0.05) is 44.5 Å². The van der Waals surface area contributed by atoms with E-state index in [1.165, 1.54) is 11.3 Å². The van der Waals surface area contributed by atoms with Crippen molar-refractivity contribution in [3.05, 3.63) is 17.5 Å². The molecule has 2 rings (SSSR count). The van der Waals surface area contributed by atoms with Gasteiger partial charge in [-0.25, -0.2) is 0 Å². The zero-order chi connectivity index (χ0) is 11.5. The summed E-state index contributed by atoms with van der Waals surface area (Å²) in [6, 6.07) is 0. The lowest BCUT2D eigenvalue weighted by atomic mass is 10.2. The standard InChI is InChI=1S/C11H20N4O/c1-9-10(6-13-14(9)2)7-15-3-4-16-11(5-12)8-15/h6,11H,3-5,7-8,12H2,1-2H3. The Hall–Kier alpha value is -0.910. The monoisotopic (exact) mass is 224 g/mol. The van der Waals surface area contributed by atoms with E-state index in [2.05, 4.69) is 16.9 Å². The molecule has 0 saturated carbocycles. The molecule has 1 aliphatic heterocycles. The van der Waals surface area contributed by atoms with Crippen molar-refractivity contribution >= 4 is 0 Å². The van der Waals surface area contributed by atoms with Crippen LogP contribution in [0.25, 0.3) is 0 Å². The van der Waals surface area contributed by atoms with Crippen LogP contribution in [0, 0.1) is 6.92 Å². The minimum atomic E-state index is 0.186. The van der Waals surface area contributed by atoms with Gasteiger partial charge in [-0.1, -0.05) is 0 Å². The summed E-state index contributed by atoms with van der Waals surface area (Å²) in [7, 11) is 1.97. The topological polar surface area (TPSA) is 56.3 Å². The smallest absolute Gasteiger partial charge is 0.0824 e. The Labute approximate surface area is 96.2 Å². The van der Waals surface area contributed by atoms with Crippen molar-refractivity contribution in [1.82, 2.24) is 14.7 Å². The summed E-state index contributed by atoms with van der Waals surface area (Å²) in [4.78, 5) is 2.38. The lowest BCUT2D eigenvalue weighted by molar-refractivity contribution is -0.0261. The van der Waals surface area contributed by atoms with E-state index in [1.807, 2.05) is 17.9 Å². The van der Waals surface area contributed by atoms with Crippen molar-refractivity contribution in [3.8, 4) is 0 Å². The normalized spacial score (nSPS) is 22.6. The van der Waals surface area contributed by atoms with Gasteiger partial charge in [0.2, 0.25) is 0 Å². The highest BCUT2D eigenvalue weighted by atomic mass is 16.5. The van der Waals surface area contributed by atoms with Crippen LogP contribution in [0.1, 0.15) is 11.3 Å². The minimum absolute atomic E-state index is 0.186. The van der Waals surface area contributed by atoms with Crippen molar-refractivity contribution in [2.75, 3.05) is 26.2 Å². The van der Waals surface area contributed by atoms with Gasteiger partial charge in [-0.15, -0.1) is 0 Å². The van der Waals surface area contributed by atoms with Crippen LogP contribution in [-0.4, -0.2) is 47.0 Å². The molecule has 0 aromatic carbocycles. The molecule has 1 aromatic rings. The largest absolute Gasteiger partial charge is 0.374 e. The summed E-state index contributed by atoms with van der Waals surface area (Å²) in [6.07, 6.45) is 2.13. The Balaban J connectivity index is 1.96. The molecule has 0 amide bonds. The fourth-order valence-electron chi connectivity index (χ4n) is 2.01. The molecule has 5 heteroatoms. The number of rotatable bonds is 3. The van der Waals surface area contributed by atoms with E-state index in [1.54, 1.807) is 0 Å². The minimum Gasteiger partial charge on any atom is -0.374 e. The van der Waals surface area contributed by atoms with E-state index in [4.69, 9.17) is 10.5 Å². The van der Waals surface area contributed by atoms with Gasteiger partial charge >= 0.3 is 0 Å². The summed E-state index contributed by atoms with van der Waals surface area (Å²) >= 11 is 0. The zero-order valence-electron chi connectivity index (χ0n) is 10.0. The molecule has 1 aliphatic rings. The summed E-state index contributed by atoms with van der Waals surface area (Å²) in [6.45, 7) is 6.32. The van der Waals surface area contributed by atoms with Crippen LogP contribution in [0.4, 0.5) is 0 Å². The molecule has 1 aromatic heterocycles. The molecule has 0 aliphatic carbocycles. The van der Waals surface area contributed by atoms with Crippen LogP contribution in [0.2, 0.25) is 0 Å². The van der Waals surface area contributed by atoms with E-state index in [0.717, 1.165) is 26.2 Å². The van der Waals surface area contributed by atoms with Crippen LogP contribution in [0.3, 0.4) is 0 Å². The van der Waals surface area contributed by atoms with E-state index >= 15 is 0 Å². The molecular weight excluding hydrogens is 204 g/mol. The van der Waals surface area contributed by atoms with Gasteiger partial charge in [-0.05, 0) is 6.92 Å². The van der Waals surface area contributed by atoms with E-state index in [9.17, 15) is 0 Å². The van der Waals surface area contributed by atoms with Gasteiger partial charge < -0.3 is 10.5 Å². The predicted molar refractivity (Wildman–Crippen MR) is 62.0 cm³/mol. The van der Waals surface area contributed by atoms with Crippen molar-refractivity contribution in [2.24, 2.45) is 12.8 Å². The van der Waals surface area contributed by atoms with Crippen molar-refractivity contribution in [1.29, 1.82) is 0 Å². The third-order valence-corrected chi connectivity index (χ3v) is 3.22. The predicted octanol–water partition coefficient (Wildman–Crippen LogP) is -0.112. The molecule has 5 nitrogen and oxygen atoms in total. The lowest BCUT2D eigenvalue weighted by Crippen LogP contribution is -2.45. The molecule has 1 fully saturated rings. The Bertz CT molecular complexity index is 350. The maximum Gasteiger partial charge on any atom is 0.0824 e. The maximum absolute atomic E-state index is 5.62. The Morgan fingerprint density at radius 3 is 3.06 bits per heavy atom. The highest BCUT2D eigenvalue weighted by Gasteiger charge is 2.20. The number of aromatic nitrogens is 2. The molecule has 2 N–H and O–H groups in total.